The summed E-state index contributed by atoms with van der Waals surface area (Å²) in [4.78, 5) is 0. The summed E-state index contributed by atoms with van der Waals surface area (Å²) in [7, 11) is 0. The van der Waals surface area contributed by atoms with Gasteiger partial charge in [0.2, 0.25) is 0 Å². The van der Waals surface area contributed by atoms with Gasteiger partial charge >= 0.3 is 0 Å². The highest BCUT2D eigenvalue weighted by Crippen LogP contribution is 2.19. The molecule has 0 aliphatic heterocycles. The molecule has 15 heavy (non-hydrogen) atoms. The standard InChI is InChI=1S/C12H16BrNO/c1-4-9(2)7-11-5-6-14(15)12(11)8-10(3)13/h5-6,8,15H,2,4,7H2,1,3H3. The van der Waals surface area contributed by atoms with Crippen molar-refractivity contribution in [1.82, 2.24) is 4.73 Å². The monoisotopic (exact) mass is 269 g/mol. The van der Waals surface area contributed by atoms with E-state index in [0.29, 0.717) is 0 Å². The van der Waals surface area contributed by atoms with Crippen LogP contribution in [0, 0.1) is 0 Å². The summed E-state index contributed by atoms with van der Waals surface area (Å²) < 4.78 is 2.13. The second-order valence-electron chi connectivity index (χ2n) is 3.58. The molecule has 0 fully saturated rings. The van der Waals surface area contributed by atoms with Gasteiger partial charge in [-0.2, -0.15) is 4.73 Å². The molecule has 0 unspecified atom stereocenters. The van der Waals surface area contributed by atoms with E-state index in [9.17, 15) is 5.21 Å². The van der Waals surface area contributed by atoms with Crippen molar-refractivity contribution in [3.8, 4) is 0 Å². The number of allylic oxidation sites excluding steroid dienone is 2. The zero-order chi connectivity index (χ0) is 11.4. The minimum absolute atomic E-state index is 0.816. The van der Waals surface area contributed by atoms with Crippen molar-refractivity contribution in [3.05, 3.63) is 40.2 Å². The van der Waals surface area contributed by atoms with Gasteiger partial charge in [-0.25, -0.2) is 0 Å². The summed E-state index contributed by atoms with van der Waals surface area (Å²) in [6.45, 7) is 8.00. The maximum Gasteiger partial charge on any atom is 0.0836 e. The maximum absolute atomic E-state index is 9.59. The Hall–Kier alpha value is -0.960. The minimum Gasteiger partial charge on any atom is -0.428 e. The van der Waals surface area contributed by atoms with Crippen molar-refractivity contribution in [1.29, 1.82) is 0 Å². The van der Waals surface area contributed by atoms with E-state index in [0.717, 1.165) is 33.3 Å². The Morgan fingerprint density at radius 2 is 2.33 bits per heavy atom. The van der Waals surface area contributed by atoms with Gasteiger partial charge in [-0.15, -0.1) is 0 Å². The van der Waals surface area contributed by atoms with Crippen LogP contribution in [0.1, 0.15) is 31.5 Å². The molecule has 1 rings (SSSR count). The zero-order valence-corrected chi connectivity index (χ0v) is 10.7. The van der Waals surface area contributed by atoms with Gasteiger partial charge in [0, 0.05) is 6.20 Å². The molecule has 3 heteroatoms. The van der Waals surface area contributed by atoms with Gasteiger partial charge in [-0.3, -0.25) is 0 Å². The molecular weight excluding hydrogens is 254 g/mol. The maximum atomic E-state index is 9.59. The normalized spacial score (nSPS) is 11.8. The van der Waals surface area contributed by atoms with Crippen LogP contribution >= 0.6 is 15.9 Å². The van der Waals surface area contributed by atoms with E-state index in [4.69, 9.17) is 0 Å². The Morgan fingerprint density at radius 1 is 1.67 bits per heavy atom. The third-order valence-corrected chi connectivity index (χ3v) is 2.50. The van der Waals surface area contributed by atoms with E-state index >= 15 is 0 Å². The van der Waals surface area contributed by atoms with E-state index in [1.807, 2.05) is 19.1 Å². The molecule has 82 valence electrons. The van der Waals surface area contributed by atoms with Crippen LogP contribution in [-0.2, 0) is 6.42 Å². The van der Waals surface area contributed by atoms with E-state index in [-0.39, 0.29) is 0 Å². The molecule has 1 aromatic rings. The second-order valence-corrected chi connectivity index (χ2v) is 4.83. The number of hydrogen-bond donors (Lipinski definition) is 1. The molecule has 0 spiro atoms. The zero-order valence-electron chi connectivity index (χ0n) is 9.13. The topological polar surface area (TPSA) is 25.2 Å². The Kier molecular flexibility index (Phi) is 4.21. The van der Waals surface area contributed by atoms with Gasteiger partial charge in [0.15, 0.2) is 0 Å². The summed E-state index contributed by atoms with van der Waals surface area (Å²) in [5.41, 5.74) is 3.09. The molecule has 0 aromatic carbocycles. The van der Waals surface area contributed by atoms with Crippen LogP contribution in [0.4, 0.5) is 0 Å². The molecule has 0 radical (unpaired) electrons. The number of halogens is 1. The van der Waals surface area contributed by atoms with Crippen LogP contribution < -0.4 is 0 Å². The van der Waals surface area contributed by atoms with Crippen molar-refractivity contribution in [3.63, 3.8) is 0 Å². The SMILES string of the molecule is C=C(CC)Cc1ccn(O)c1C=C(C)Br. The molecule has 0 amide bonds. The van der Waals surface area contributed by atoms with Gasteiger partial charge in [0.1, 0.15) is 0 Å². The van der Waals surface area contributed by atoms with Crippen LogP contribution in [0.3, 0.4) is 0 Å². The fraction of sp³-hybridized carbons (Fsp3) is 0.333. The molecule has 1 heterocycles. The predicted octanol–water partition coefficient (Wildman–Crippen LogP) is 3.99. The van der Waals surface area contributed by atoms with Gasteiger partial charge in [-0.1, -0.05) is 35.0 Å². The lowest BCUT2D eigenvalue weighted by molar-refractivity contribution is 0.185. The fourth-order valence-electron chi connectivity index (χ4n) is 1.36. The molecule has 0 bridgehead atoms. The van der Waals surface area contributed by atoms with Crippen molar-refractivity contribution in [2.24, 2.45) is 0 Å². The summed E-state index contributed by atoms with van der Waals surface area (Å²) >= 11 is 3.36. The van der Waals surface area contributed by atoms with E-state index < -0.39 is 0 Å². The highest BCUT2D eigenvalue weighted by molar-refractivity contribution is 9.11. The Labute approximate surface area is 99.0 Å². The Bertz CT molecular complexity index is 386. The lowest BCUT2D eigenvalue weighted by atomic mass is 10.0. The first-order chi connectivity index (χ1) is 7.04. The average Bonchev–Trinajstić information content (AvgIpc) is 2.49. The summed E-state index contributed by atoms with van der Waals surface area (Å²) in [5, 5.41) is 9.59. The quantitative estimate of drug-likeness (QED) is 0.649. The van der Waals surface area contributed by atoms with Crippen LogP contribution in [0.25, 0.3) is 6.08 Å². The first-order valence-corrected chi connectivity index (χ1v) is 5.73. The third-order valence-electron chi connectivity index (χ3n) is 2.27. The van der Waals surface area contributed by atoms with Gasteiger partial charge < -0.3 is 5.21 Å². The average molecular weight is 270 g/mol. The van der Waals surface area contributed by atoms with Gasteiger partial charge in [-0.05, 0) is 42.0 Å². The van der Waals surface area contributed by atoms with Crippen molar-refractivity contribution >= 4 is 22.0 Å². The number of hydrogen-bond acceptors (Lipinski definition) is 1. The van der Waals surface area contributed by atoms with Crippen LogP contribution in [0.5, 0.6) is 0 Å². The third kappa shape index (κ3) is 3.27. The first kappa shape index (κ1) is 12.1. The second kappa shape index (κ2) is 5.21. The lowest BCUT2D eigenvalue weighted by Gasteiger charge is -2.04. The van der Waals surface area contributed by atoms with Crippen molar-refractivity contribution in [2.75, 3.05) is 0 Å². The molecule has 0 atom stereocenters. The molecule has 2 nitrogen and oxygen atoms in total. The molecule has 1 aromatic heterocycles. The van der Waals surface area contributed by atoms with E-state index in [2.05, 4.69) is 29.4 Å². The number of nitrogens with zero attached hydrogens (tertiary/aromatic N) is 1. The van der Waals surface area contributed by atoms with E-state index in [1.165, 1.54) is 5.57 Å². The molecule has 0 aliphatic carbocycles. The highest BCUT2D eigenvalue weighted by Gasteiger charge is 2.07. The van der Waals surface area contributed by atoms with Crippen molar-refractivity contribution < 1.29 is 5.21 Å². The highest BCUT2D eigenvalue weighted by atomic mass is 79.9. The number of aromatic nitrogens is 1. The van der Waals surface area contributed by atoms with Crippen LogP contribution in [-0.4, -0.2) is 9.94 Å². The fourth-order valence-corrected chi connectivity index (χ4v) is 1.58. The van der Waals surface area contributed by atoms with Crippen LogP contribution in [0.15, 0.2) is 28.9 Å². The van der Waals surface area contributed by atoms with Crippen molar-refractivity contribution in [2.45, 2.75) is 26.7 Å². The van der Waals surface area contributed by atoms with Gasteiger partial charge in [0.25, 0.3) is 0 Å². The Morgan fingerprint density at radius 3 is 2.87 bits per heavy atom. The molecular formula is C12H16BrNO. The Balaban J connectivity index is 2.98. The summed E-state index contributed by atoms with van der Waals surface area (Å²) in [6, 6.07) is 1.92. The van der Waals surface area contributed by atoms with Gasteiger partial charge in [0.05, 0.1) is 5.69 Å². The van der Waals surface area contributed by atoms with Crippen LogP contribution in [0.2, 0.25) is 0 Å². The molecule has 0 aliphatic rings. The number of rotatable bonds is 4. The predicted molar refractivity (Wildman–Crippen MR) is 67.3 cm³/mol. The molecule has 0 saturated heterocycles. The summed E-state index contributed by atoms with van der Waals surface area (Å²) in [5.74, 6) is 0. The summed E-state index contributed by atoms with van der Waals surface area (Å²) in [6.07, 6.45) is 5.33. The first-order valence-electron chi connectivity index (χ1n) is 4.94. The molecule has 1 N–H and O–H groups in total. The minimum atomic E-state index is 0.816. The molecule has 0 saturated carbocycles. The lowest BCUT2D eigenvalue weighted by Crippen LogP contribution is -1.95. The smallest absolute Gasteiger partial charge is 0.0836 e. The largest absolute Gasteiger partial charge is 0.428 e. The van der Waals surface area contributed by atoms with E-state index in [1.54, 1.807) is 6.20 Å².